The number of carbonyl (C=O) groups excluding carboxylic acids is 3. The lowest BCUT2D eigenvalue weighted by molar-refractivity contribution is -0.135. The monoisotopic (exact) mass is 495 g/mol. The van der Waals surface area contributed by atoms with E-state index in [9.17, 15) is 29.7 Å². The molecule has 1 heterocycles. The summed E-state index contributed by atoms with van der Waals surface area (Å²) in [4.78, 5) is 39.1. The number of esters is 1. The standard InChI is InChI=1S/C29H21NO7/c1-15(13-22(33)37-2)25-19-11-5-3-4-6-12-21(32)29(25,36)18-14-20(31)23-24(26(18)30-19)28(35)17-10-8-7-9-16(17)27(23)34/h3-4,7-10,13-14,19,21,25,30-32,36H,1-2H3/b4-3-,15-13+/t19-,21+,25?,29-/m0/s1. The summed E-state index contributed by atoms with van der Waals surface area (Å²) in [5, 5.41) is 37.6. The second-order valence-electron chi connectivity index (χ2n) is 8.92. The minimum Gasteiger partial charge on any atom is -0.507 e. The third-order valence-corrected chi connectivity index (χ3v) is 6.88. The van der Waals surface area contributed by atoms with E-state index >= 15 is 0 Å². The van der Waals surface area contributed by atoms with Crippen LogP contribution in [-0.2, 0) is 15.1 Å². The molecular formula is C29H21NO7. The third-order valence-electron chi connectivity index (χ3n) is 6.88. The Hall–Kier alpha value is -4.63. The summed E-state index contributed by atoms with van der Waals surface area (Å²) in [6, 6.07) is 6.47. The van der Waals surface area contributed by atoms with E-state index < -0.39 is 47.0 Å². The largest absolute Gasteiger partial charge is 0.507 e. The number of nitrogens with one attached hydrogen (secondary N) is 1. The Morgan fingerprint density at radius 1 is 1.08 bits per heavy atom. The van der Waals surface area contributed by atoms with Gasteiger partial charge in [-0.05, 0) is 25.1 Å². The van der Waals surface area contributed by atoms with Gasteiger partial charge >= 0.3 is 5.97 Å². The second-order valence-corrected chi connectivity index (χ2v) is 8.92. The minimum atomic E-state index is -2.25. The lowest BCUT2D eigenvalue weighted by Crippen LogP contribution is -2.56. The Morgan fingerprint density at radius 2 is 1.70 bits per heavy atom. The number of aliphatic hydroxyl groups excluding tert-OH is 1. The molecule has 8 nitrogen and oxygen atoms in total. The van der Waals surface area contributed by atoms with Crippen LogP contribution in [0.5, 0.6) is 5.75 Å². The first kappa shape index (κ1) is 24.1. The molecule has 0 radical (unpaired) electrons. The van der Waals surface area contributed by atoms with Crippen LogP contribution >= 0.6 is 0 Å². The number of benzene rings is 2. The topological polar surface area (TPSA) is 133 Å². The minimum absolute atomic E-state index is 0.0509. The molecule has 4 N–H and O–H groups in total. The zero-order valence-corrected chi connectivity index (χ0v) is 19.8. The number of rotatable bonds is 2. The Morgan fingerprint density at radius 3 is 2.35 bits per heavy atom. The molecule has 0 saturated carbocycles. The molecule has 0 saturated heterocycles. The van der Waals surface area contributed by atoms with Crippen molar-refractivity contribution in [3.05, 3.63) is 82.0 Å². The number of aliphatic hydroxyl groups is 2. The second kappa shape index (κ2) is 8.79. The molecule has 3 aliphatic rings. The van der Waals surface area contributed by atoms with E-state index in [0.717, 1.165) is 6.07 Å². The molecule has 8 heteroatoms. The Labute approximate surface area is 212 Å². The molecule has 5 rings (SSSR count). The van der Waals surface area contributed by atoms with E-state index in [2.05, 4.69) is 29.0 Å². The van der Waals surface area contributed by atoms with Gasteiger partial charge in [0.05, 0.1) is 30.0 Å². The van der Waals surface area contributed by atoms with Gasteiger partial charge in [0, 0.05) is 28.7 Å². The first-order chi connectivity index (χ1) is 17.7. The highest BCUT2D eigenvalue weighted by Gasteiger charge is 2.55. The number of aromatic hydroxyl groups is 1. The van der Waals surface area contributed by atoms with E-state index in [-0.39, 0.29) is 33.5 Å². The van der Waals surface area contributed by atoms with Crippen LogP contribution in [0.1, 0.15) is 44.3 Å². The predicted molar refractivity (Wildman–Crippen MR) is 133 cm³/mol. The SMILES string of the molecule is COC(=O)/C=C(\C)C1[C@@H]2C#C/C=C\C#C[C@@H](O)[C@@]1(O)c1cc(O)c3c(c1N2)C(=O)c1ccccc1C3=O. The van der Waals surface area contributed by atoms with Crippen LogP contribution in [0.3, 0.4) is 0 Å². The molecule has 0 aromatic heterocycles. The van der Waals surface area contributed by atoms with Crippen molar-refractivity contribution < 1.29 is 34.4 Å². The Bertz CT molecular complexity index is 1580. The number of hydrogen-bond acceptors (Lipinski definition) is 8. The number of ether oxygens (including phenoxy) is 1. The molecule has 2 bridgehead atoms. The molecule has 1 unspecified atom stereocenters. The maximum absolute atomic E-state index is 13.7. The van der Waals surface area contributed by atoms with Crippen molar-refractivity contribution in [2.45, 2.75) is 24.7 Å². The number of methoxy groups -OCH3 is 1. The predicted octanol–water partition coefficient (Wildman–Crippen LogP) is 1.82. The first-order valence-electron chi connectivity index (χ1n) is 11.4. The molecule has 37 heavy (non-hydrogen) atoms. The Balaban J connectivity index is 1.85. The van der Waals surface area contributed by atoms with Crippen LogP contribution in [0.2, 0.25) is 0 Å². The van der Waals surface area contributed by atoms with Gasteiger partial charge in [0.1, 0.15) is 17.5 Å². The van der Waals surface area contributed by atoms with Crippen molar-refractivity contribution in [2.24, 2.45) is 5.92 Å². The normalized spacial score (nSPS) is 26.1. The molecule has 184 valence electrons. The highest BCUT2D eigenvalue weighted by molar-refractivity contribution is 6.31. The summed E-state index contributed by atoms with van der Waals surface area (Å²) in [6.07, 6.45) is 2.32. The summed E-state index contributed by atoms with van der Waals surface area (Å²) in [6.45, 7) is 1.57. The zero-order chi connectivity index (χ0) is 26.5. The summed E-state index contributed by atoms with van der Waals surface area (Å²) in [7, 11) is 1.21. The summed E-state index contributed by atoms with van der Waals surface area (Å²) in [5.41, 5.74) is -2.00. The lowest BCUT2D eigenvalue weighted by Gasteiger charge is -2.47. The molecule has 1 aliphatic heterocycles. The molecule has 2 aromatic rings. The fourth-order valence-corrected chi connectivity index (χ4v) is 5.24. The van der Waals surface area contributed by atoms with Gasteiger partial charge in [-0.15, -0.1) is 0 Å². The van der Waals surface area contributed by atoms with Gasteiger partial charge in [-0.3, -0.25) is 9.59 Å². The van der Waals surface area contributed by atoms with Crippen LogP contribution in [0, 0.1) is 29.6 Å². The van der Waals surface area contributed by atoms with Crippen molar-refractivity contribution >= 4 is 23.2 Å². The fourth-order valence-electron chi connectivity index (χ4n) is 5.24. The molecular weight excluding hydrogens is 474 g/mol. The van der Waals surface area contributed by atoms with E-state index in [1.807, 2.05) is 0 Å². The van der Waals surface area contributed by atoms with Crippen molar-refractivity contribution in [3.63, 3.8) is 0 Å². The maximum atomic E-state index is 13.7. The first-order valence-corrected chi connectivity index (χ1v) is 11.4. The zero-order valence-electron chi connectivity index (χ0n) is 19.8. The van der Waals surface area contributed by atoms with Crippen molar-refractivity contribution in [3.8, 4) is 29.4 Å². The van der Waals surface area contributed by atoms with Gasteiger partial charge in [0.2, 0.25) is 0 Å². The van der Waals surface area contributed by atoms with E-state index in [1.54, 1.807) is 19.1 Å². The van der Waals surface area contributed by atoms with Gasteiger partial charge in [0.15, 0.2) is 11.6 Å². The van der Waals surface area contributed by atoms with E-state index in [0.29, 0.717) is 5.57 Å². The van der Waals surface area contributed by atoms with Gasteiger partial charge in [-0.2, -0.15) is 0 Å². The highest BCUT2D eigenvalue weighted by Crippen LogP contribution is 2.51. The van der Waals surface area contributed by atoms with Gasteiger partial charge in [0.25, 0.3) is 0 Å². The van der Waals surface area contributed by atoms with Crippen LogP contribution in [0.4, 0.5) is 5.69 Å². The van der Waals surface area contributed by atoms with E-state index in [1.165, 1.54) is 37.5 Å². The third kappa shape index (κ3) is 3.54. The number of fused-ring (bicyclic) bond motifs is 7. The number of hydrogen-bond donors (Lipinski definition) is 4. The molecule has 0 fully saturated rings. The number of anilines is 1. The molecule has 2 aliphatic carbocycles. The van der Waals surface area contributed by atoms with Crippen LogP contribution in [0.15, 0.2) is 54.1 Å². The number of phenolic OH excluding ortho intramolecular Hbond substituents is 1. The van der Waals surface area contributed by atoms with Gasteiger partial charge in [-0.25, -0.2) is 4.79 Å². The number of carbonyl (C=O) groups is 3. The summed E-state index contributed by atoms with van der Waals surface area (Å²) >= 11 is 0. The fraction of sp³-hybridized carbons (Fsp3) is 0.207. The number of ketones is 2. The lowest BCUT2D eigenvalue weighted by atomic mass is 9.65. The Kier molecular flexibility index (Phi) is 5.72. The van der Waals surface area contributed by atoms with Gasteiger partial charge < -0.3 is 25.4 Å². The van der Waals surface area contributed by atoms with Crippen molar-refractivity contribution in [1.82, 2.24) is 0 Å². The van der Waals surface area contributed by atoms with Crippen LogP contribution in [-0.4, -0.2) is 52.1 Å². The van der Waals surface area contributed by atoms with Crippen molar-refractivity contribution in [2.75, 3.05) is 12.4 Å². The molecule has 0 spiro atoms. The van der Waals surface area contributed by atoms with Crippen LogP contribution in [0.25, 0.3) is 0 Å². The molecule has 2 aromatic carbocycles. The van der Waals surface area contributed by atoms with Crippen LogP contribution < -0.4 is 5.32 Å². The maximum Gasteiger partial charge on any atom is 0.330 e. The molecule has 4 atom stereocenters. The average Bonchev–Trinajstić information content (AvgIpc) is 2.88. The average molecular weight is 495 g/mol. The van der Waals surface area contributed by atoms with Gasteiger partial charge in [-0.1, -0.05) is 53.5 Å². The van der Waals surface area contributed by atoms with Crippen molar-refractivity contribution in [1.29, 1.82) is 0 Å². The summed E-state index contributed by atoms with van der Waals surface area (Å²) in [5.74, 6) is 7.60. The smallest absolute Gasteiger partial charge is 0.330 e. The quantitative estimate of drug-likeness (QED) is 0.183. The van der Waals surface area contributed by atoms with E-state index in [4.69, 9.17) is 4.74 Å². The molecule has 0 amide bonds. The highest BCUT2D eigenvalue weighted by atomic mass is 16.5. The summed E-state index contributed by atoms with van der Waals surface area (Å²) < 4.78 is 4.74. The number of phenols is 1. The number of allylic oxidation sites excluding steroid dienone is 2.